The molecule has 0 fully saturated rings. The van der Waals surface area contributed by atoms with E-state index in [2.05, 4.69) is 20.5 Å². The minimum Gasteiger partial charge on any atom is -0.325 e. The quantitative estimate of drug-likeness (QED) is 0.581. The summed E-state index contributed by atoms with van der Waals surface area (Å²) in [6, 6.07) is 9.32. The molecule has 28 heavy (non-hydrogen) atoms. The highest BCUT2D eigenvalue weighted by atomic mass is 32.2. The van der Waals surface area contributed by atoms with Gasteiger partial charge in [-0.25, -0.2) is 13.6 Å². The minimum absolute atomic E-state index is 0.0179. The number of aromatic nitrogens is 4. The second-order valence-corrected chi connectivity index (χ2v) is 8.79. The summed E-state index contributed by atoms with van der Waals surface area (Å²) < 4.78 is 24.4. The molecule has 3 N–H and O–H groups in total. The van der Waals surface area contributed by atoms with Crippen LogP contribution in [0.2, 0.25) is 0 Å². The van der Waals surface area contributed by atoms with E-state index in [0.717, 1.165) is 5.56 Å². The zero-order valence-corrected chi connectivity index (χ0v) is 16.7. The SMILES string of the molecule is CC(Sc1nnc(-c2ccncc2)n1C)C(=O)Nc1ccc(S(N)(=O)=O)cc1. The van der Waals surface area contributed by atoms with Gasteiger partial charge < -0.3 is 9.88 Å². The largest absolute Gasteiger partial charge is 0.325 e. The van der Waals surface area contributed by atoms with Crippen molar-refractivity contribution in [3.05, 3.63) is 48.8 Å². The summed E-state index contributed by atoms with van der Waals surface area (Å²) in [6.07, 6.45) is 3.35. The number of rotatable bonds is 6. The molecule has 0 aliphatic heterocycles. The van der Waals surface area contributed by atoms with E-state index < -0.39 is 15.3 Å². The standard InChI is InChI=1S/C17H18N6O3S2/c1-11(16(24)20-13-3-5-14(6-4-13)28(18,25)26)27-17-22-21-15(23(17)2)12-7-9-19-10-8-12/h3-11H,1-2H3,(H,20,24)(H2,18,25,26). The predicted octanol–water partition coefficient (Wildman–Crippen LogP) is 1.64. The summed E-state index contributed by atoms with van der Waals surface area (Å²) in [5, 5.41) is 16.3. The van der Waals surface area contributed by atoms with Gasteiger partial charge in [0.2, 0.25) is 15.9 Å². The van der Waals surface area contributed by atoms with Crippen LogP contribution in [0.25, 0.3) is 11.4 Å². The van der Waals surface area contributed by atoms with Gasteiger partial charge in [-0.05, 0) is 43.3 Å². The number of thioether (sulfide) groups is 1. The van der Waals surface area contributed by atoms with Gasteiger partial charge in [0.05, 0.1) is 10.1 Å². The molecule has 9 nitrogen and oxygen atoms in total. The lowest BCUT2D eigenvalue weighted by Gasteiger charge is -2.12. The highest BCUT2D eigenvalue weighted by Gasteiger charge is 2.19. The Morgan fingerprint density at radius 3 is 2.39 bits per heavy atom. The third-order valence-electron chi connectivity index (χ3n) is 3.88. The summed E-state index contributed by atoms with van der Waals surface area (Å²) in [4.78, 5) is 16.4. The first kappa shape index (κ1) is 20.0. The molecule has 2 heterocycles. The van der Waals surface area contributed by atoms with E-state index >= 15 is 0 Å². The van der Waals surface area contributed by atoms with Crippen molar-refractivity contribution in [3.8, 4) is 11.4 Å². The maximum atomic E-state index is 12.4. The highest BCUT2D eigenvalue weighted by molar-refractivity contribution is 8.00. The fourth-order valence-electron chi connectivity index (χ4n) is 2.35. The van der Waals surface area contributed by atoms with E-state index in [-0.39, 0.29) is 10.8 Å². The third kappa shape index (κ3) is 4.55. The highest BCUT2D eigenvalue weighted by Crippen LogP contribution is 2.26. The zero-order chi connectivity index (χ0) is 20.3. The van der Waals surface area contributed by atoms with Crippen LogP contribution >= 0.6 is 11.8 Å². The van der Waals surface area contributed by atoms with Gasteiger partial charge in [0, 0.05) is 30.7 Å². The molecule has 1 amide bonds. The van der Waals surface area contributed by atoms with Gasteiger partial charge in [0.25, 0.3) is 0 Å². The Hall–Kier alpha value is -2.76. The van der Waals surface area contributed by atoms with Crippen LogP contribution < -0.4 is 10.5 Å². The van der Waals surface area contributed by atoms with Crippen LogP contribution in [0.1, 0.15) is 6.92 Å². The first-order valence-corrected chi connectivity index (χ1v) is 10.6. The average molecular weight is 419 g/mol. The molecule has 0 saturated heterocycles. The Morgan fingerprint density at radius 2 is 1.79 bits per heavy atom. The Morgan fingerprint density at radius 1 is 1.14 bits per heavy atom. The molecule has 146 valence electrons. The van der Waals surface area contributed by atoms with Gasteiger partial charge in [-0.15, -0.1) is 10.2 Å². The Kier molecular flexibility index (Phi) is 5.77. The van der Waals surface area contributed by atoms with Crippen molar-refractivity contribution in [2.24, 2.45) is 12.2 Å². The molecule has 0 aliphatic carbocycles. The van der Waals surface area contributed by atoms with Gasteiger partial charge in [-0.1, -0.05) is 11.8 Å². The van der Waals surface area contributed by atoms with E-state index in [1.54, 1.807) is 19.3 Å². The molecule has 3 rings (SSSR count). The van der Waals surface area contributed by atoms with Crippen LogP contribution in [0, 0.1) is 0 Å². The van der Waals surface area contributed by atoms with Crippen molar-refractivity contribution in [2.45, 2.75) is 22.2 Å². The number of nitrogens with zero attached hydrogens (tertiary/aromatic N) is 4. The molecule has 0 radical (unpaired) electrons. The van der Waals surface area contributed by atoms with Crippen LogP contribution in [0.15, 0.2) is 58.8 Å². The number of benzene rings is 1. The molecule has 0 bridgehead atoms. The normalized spacial score (nSPS) is 12.5. The Labute approximate surface area is 166 Å². The van der Waals surface area contributed by atoms with Crippen molar-refractivity contribution in [3.63, 3.8) is 0 Å². The van der Waals surface area contributed by atoms with E-state index in [9.17, 15) is 13.2 Å². The molecule has 3 aromatic rings. The van der Waals surface area contributed by atoms with E-state index in [4.69, 9.17) is 5.14 Å². The van der Waals surface area contributed by atoms with Crippen LogP contribution in [0.4, 0.5) is 5.69 Å². The molecule has 1 atom stereocenters. The molecule has 0 saturated carbocycles. The molecule has 11 heteroatoms. The summed E-state index contributed by atoms with van der Waals surface area (Å²) in [5.74, 6) is 0.429. The van der Waals surface area contributed by atoms with Gasteiger partial charge >= 0.3 is 0 Å². The Bertz CT molecular complexity index is 1080. The number of primary sulfonamides is 1. The smallest absolute Gasteiger partial charge is 0.238 e. The van der Waals surface area contributed by atoms with E-state index in [0.29, 0.717) is 16.7 Å². The van der Waals surface area contributed by atoms with Crippen LogP contribution in [0.3, 0.4) is 0 Å². The number of hydrogen-bond donors (Lipinski definition) is 2. The number of carbonyl (C=O) groups is 1. The summed E-state index contributed by atoms with van der Waals surface area (Å²) in [7, 11) is -1.94. The summed E-state index contributed by atoms with van der Waals surface area (Å²) in [6.45, 7) is 1.75. The number of nitrogens with one attached hydrogen (secondary N) is 1. The molecular weight excluding hydrogens is 400 g/mol. The molecular formula is C17H18N6O3S2. The number of amides is 1. The van der Waals surface area contributed by atoms with Gasteiger partial charge in [0.1, 0.15) is 0 Å². The maximum Gasteiger partial charge on any atom is 0.238 e. The minimum atomic E-state index is -3.77. The number of nitrogens with two attached hydrogens (primary N) is 1. The van der Waals surface area contributed by atoms with Gasteiger partial charge in [0.15, 0.2) is 11.0 Å². The second-order valence-electron chi connectivity index (χ2n) is 5.92. The van der Waals surface area contributed by atoms with Crippen molar-refractivity contribution in [1.29, 1.82) is 0 Å². The number of anilines is 1. The first-order chi connectivity index (χ1) is 13.3. The number of carbonyl (C=O) groups excluding carboxylic acids is 1. The Balaban J connectivity index is 1.67. The molecule has 1 unspecified atom stereocenters. The van der Waals surface area contributed by atoms with Crippen molar-refractivity contribution < 1.29 is 13.2 Å². The summed E-state index contributed by atoms with van der Waals surface area (Å²) in [5.41, 5.74) is 1.35. The molecule has 0 aliphatic rings. The average Bonchev–Trinajstić information content (AvgIpc) is 3.02. The third-order valence-corrected chi connectivity index (χ3v) is 5.94. The van der Waals surface area contributed by atoms with Crippen molar-refractivity contribution in [2.75, 3.05) is 5.32 Å². The van der Waals surface area contributed by atoms with E-state index in [1.165, 1.54) is 36.0 Å². The molecule has 2 aromatic heterocycles. The molecule has 0 spiro atoms. The number of pyridine rings is 1. The van der Waals surface area contributed by atoms with Crippen LogP contribution in [-0.4, -0.2) is 39.3 Å². The van der Waals surface area contributed by atoms with E-state index in [1.807, 2.05) is 23.7 Å². The summed E-state index contributed by atoms with van der Waals surface area (Å²) >= 11 is 1.27. The lowest BCUT2D eigenvalue weighted by Crippen LogP contribution is -2.23. The fraction of sp³-hybridized carbons (Fsp3) is 0.176. The zero-order valence-electron chi connectivity index (χ0n) is 15.1. The lowest BCUT2D eigenvalue weighted by molar-refractivity contribution is -0.115. The fourth-order valence-corrected chi connectivity index (χ4v) is 3.68. The molecule has 1 aromatic carbocycles. The van der Waals surface area contributed by atoms with Crippen molar-refractivity contribution in [1.82, 2.24) is 19.7 Å². The topological polar surface area (TPSA) is 133 Å². The van der Waals surface area contributed by atoms with Crippen LogP contribution in [0.5, 0.6) is 0 Å². The monoisotopic (exact) mass is 418 g/mol. The second kappa shape index (κ2) is 8.09. The van der Waals surface area contributed by atoms with Crippen LogP contribution in [-0.2, 0) is 21.9 Å². The van der Waals surface area contributed by atoms with Crippen molar-refractivity contribution >= 4 is 33.4 Å². The lowest BCUT2D eigenvalue weighted by atomic mass is 10.2. The van der Waals surface area contributed by atoms with Gasteiger partial charge in [-0.3, -0.25) is 9.78 Å². The number of hydrogen-bond acceptors (Lipinski definition) is 7. The predicted molar refractivity (Wildman–Crippen MR) is 106 cm³/mol. The first-order valence-electron chi connectivity index (χ1n) is 8.16. The maximum absolute atomic E-state index is 12.4. The van der Waals surface area contributed by atoms with Gasteiger partial charge in [-0.2, -0.15) is 0 Å². The number of sulfonamides is 1.